The van der Waals surface area contributed by atoms with Crippen molar-refractivity contribution in [2.45, 2.75) is 13.1 Å². The van der Waals surface area contributed by atoms with Crippen molar-refractivity contribution in [3.8, 4) is 11.5 Å². The van der Waals surface area contributed by atoms with Crippen LogP contribution in [0.3, 0.4) is 0 Å². The molecule has 1 aliphatic heterocycles. The van der Waals surface area contributed by atoms with E-state index in [9.17, 15) is 5.11 Å². The van der Waals surface area contributed by atoms with Crippen molar-refractivity contribution in [2.75, 3.05) is 13.2 Å². The highest BCUT2D eigenvalue weighted by molar-refractivity contribution is 5.34. The van der Waals surface area contributed by atoms with Crippen LogP contribution in [-0.2, 0) is 13.1 Å². The van der Waals surface area contributed by atoms with Crippen molar-refractivity contribution < 1.29 is 9.84 Å². The summed E-state index contributed by atoms with van der Waals surface area (Å²) in [7, 11) is 0. The van der Waals surface area contributed by atoms with E-state index in [1.807, 2.05) is 36.4 Å². The molecule has 3 rings (SSSR count). The minimum Gasteiger partial charge on any atom is -0.508 e. The molecule has 0 atom stereocenters. The highest BCUT2D eigenvalue weighted by Gasteiger charge is 2.14. The average Bonchev–Trinajstić information content (AvgIpc) is 2.60. The van der Waals surface area contributed by atoms with Crippen LogP contribution in [0, 0.1) is 0 Å². The molecule has 2 aromatic carbocycles. The van der Waals surface area contributed by atoms with E-state index in [1.54, 1.807) is 6.07 Å². The molecule has 0 spiro atoms. The smallest absolute Gasteiger partial charge is 0.123 e. The Labute approximate surface area is 113 Å². The maximum Gasteiger partial charge on any atom is 0.123 e. The molecule has 0 fully saturated rings. The van der Waals surface area contributed by atoms with Gasteiger partial charge in [-0.25, -0.2) is 0 Å². The summed E-state index contributed by atoms with van der Waals surface area (Å²) in [6, 6.07) is 15.6. The van der Waals surface area contributed by atoms with Crippen molar-refractivity contribution in [1.82, 2.24) is 4.90 Å². The number of phenolic OH excluding ortho intramolecular Hbond substituents is 1. The van der Waals surface area contributed by atoms with Gasteiger partial charge in [-0.2, -0.15) is 0 Å². The summed E-state index contributed by atoms with van der Waals surface area (Å²) in [6.45, 7) is 3.30. The molecule has 3 heteroatoms. The van der Waals surface area contributed by atoms with E-state index in [2.05, 4.69) is 11.0 Å². The number of hydrogen-bond acceptors (Lipinski definition) is 3. The Morgan fingerprint density at radius 2 is 2.00 bits per heavy atom. The first-order valence-corrected chi connectivity index (χ1v) is 6.52. The summed E-state index contributed by atoms with van der Waals surface area (Å²) in [5.74, 6) is 1.31. The highest BCUT2D eigenvalue weighted by Crippen LogP contribution is 2.23. The summed E-state index contributed by atoms with van der Waals surface area (Å²) in [6.07, 6.45) is 0. The molecule has 1 N–H and O–H groups in total. The zero-order valence-corrected chi connectivity index (χ0v) is 10.7. The molecule has 0 amide bonds. The van der Waals surface area contributed by atoms with Gasteiger partial charge in [-0.05, 0) is 23.8 Å². The standard InChI is InChI=1S/C16H17NO2/c18-15-6-3-4-13(10-15)11-17-8-9-19-16-7-2-1-5-14(16)12-17/h1-7,10,18H,8-9,11-12H2. The van der Waals surface area contributed by atoms with Crippen molar-refractivity contribution in [3.05, 3.63) is 59.7 Å². The van der Waals surface area contributed by atoms with E-state index in [0.29, 0.717) is 12.4 Å². The molecule has 0 aliphatic carbocycles. The molecule has 98 valence electrons. The van der Waals surface area contributed by atoms with Gasteiger partial charge in [0.2, 0.25) is 0 Å². The first kappa shape index (κ1) is 12.1. The summed E-state index contributed by atoms with van der Waals surface area (Å²) in [4.78, 5) is 2.33. The molecule has 1 aliphatic rings. The van der Waals surface area contributed by atoms with Crippen LogP contribution < -0.4 is 4.74 Å². The number of rotatable bonds is 2. The van der Waals surface area contributed by atoms with Gasteiger partial charge in [-0.3, -0.25) is 4.90 Å². The van der Waals surface area contributed by atoms with Gasteiger partial charge in [-0.1, -0.05) is 30.3 Å². The van der Waals surface area contributed by atoms with Crippen LogP contribution in [0.25, 0.3) is 0 Å². The minimum absolute atomic E-state index is 0.323. The van der Waals surface area contributed by atoms with E-state index < -0.39 is 0 Å². The molecular weight excluding hydrogens is 238 g/mol. The molecule has 2 aromatic rings. The maximum absolute atomic E-state index is 9.51. The molecule has 0 bridgehead atoms. The largest absolute Gasteiger partial charge is 0.508 e. The summed E-state index contributed by atoms with van der Waals surface area (Å²) >= 11 is 0. The predicted molar refractivity (Wildman–Crippen MR) is 74.2 cm³/mol. The summed E-state index contributed by atoms with van der Waals surface area (Å²) < 4.78 is 5.75. The lowest BCUT2D eigenvalue weighted by Crippen LogP contribution is -2.25. The van der Waals surface area contributed by atoms with Crippen LogP contribution in [0.4, 0.5) is 0 Å². The number of phenols is 1. The molecule has 0 aromatic heterocycles. The van der Waals surface area contributed by atoms with Gasteiger partial charge >= 0.3 is 0 Å². The van der Waals surface area contributed by atoms with E-state index in [1.165, 1.54) is 5.56 Å². The van der Waals surface area contributed by atoms with Crippen molar-refractivity contribution in [2.24, 2.45) is 0 Å². The number of para-hydroxylation sites is 1. The maximum atomic E-state index is 9.51. The molecule has 0 radical (unpaired) electrons. The molecule has 0 unspecified atom stereocenters. The number of hydrogen-bond donors (Lipinski definition) is 1. The fourth-order valence-electron chi connectivity index (χ4n) is 2.43. The predicted octanol–water partition coefficient (Wildman–Crippen LogP) is 2.79. The van der Waals surface area contributed by atoms with Crippen LogP contribution in [0.15, 0.2) is 48.5 Å². The second-order valence-corrected chi connectivity index (χ2v) is 4.84. The lowest BCUT2D eigenvalue weighted by molar-refractivity contribution is 0.219. The van der Waals surface area contributed by atoms with E-state index >= 15 is 0 Å². The van der Waals surface area contributed by atoms with Crippen LogP contribution in [-0.4, -0.2) is 23.2 Å². The molecule has 0 saturated heterocycles. The Hall–Kier alpha value is -2.00. The number of ether oxygens (including phenoxy) is 1. The second-order valence-electron chi connectivity index (χ2n) is 4.84. The van der Waals surface area contributed by atoms with Gasteiger partial charge in [0.25, 0.3) is 0 Å². The number of nitrogens with zero attached hydrogens (tertiary/aromatic N) is 1. The SMILES string of the molecule is Oc1cccc(CN2CCOc3ccccc3C2)c1. The fraction of sp³-hybridized carbons (Fsp3) is 0.250. The third-order valence-electron chi connectivity index (χ3n) is 3.35. The fourth-order valence-corrected chi connectivity index (χ4v) is 2.43. The van der Waals surface area contributed by atoms with Crippen molar-refractivity contribution in [1.29, 1.82) is 0 Å². The summed E-state index contributed by atoms with van der Waals surface area (Å²) in [5, 5.41) is 9.51. The van der Waals surface area contributed by atoms with Gasteiger partial charge in [0, 0.05) is 25.2 Å². The number of aromatic hydroxyl groups is 1. The molecule has 19 heavy (non-hydrogen) atoms. The van der Waals surface area contributed by atoms with Crippen LogP contribution in [0.1, 0.15) is 11.1 Å². The molecule has 0 saturated carbocycles. The van der Waals surface area contributed by atoms with E-state index in [4.69, 9.17) is 4.74 Å². The lowest BCUT2D eigenvalue weighted by atomic mass is 10.1. The zero-order valence-electron chi connectivity index (χ0n) is 10.7. The quantitative estimate of drug-likeness (QED) is 0.895. The van der Waals surface area contributed by atoms with Crippen LogP contribution >= 0.6 is 0 Å². The van der Waals surface area contributed by atoms with Crippen molar-refractivity contribution in [3.63, 3.8) is 0 Å². The lowest BCUT2D eigenvalue weighted by Gasteiger charge is -2.19. The Morgan fingerprint density at radius 3 is 2.89 bits per heavy atom. The van der Waals surface area contributed by atoms with Gasteiger partial charge in [-0.15, -0.1) is 0 Å². The zero-order chi connectivity index (χ0) is 13.1. The highest BCUT2D eigenvalue weighted by atomic mass is 16.5. The van der Waals surface area contributed by atoms with E-state index in [0.717, 1.165) is 30.9 Å². The minimum atomic E-state index is 0.323. The Morgan fingerprint density at radius 1 is 1.11 bits per heavy atom. The van der Waals surface area contributed by atoms with Crippen LogP contribution in [0.2, 0.25) is 0 Å². The second kappa shape index (κ2) is 5.33. The first-order chi connectivity index (χ1) is 9.31. The Kier molecular flexibility index (Phi) is 3.38. The third kappa shape index (κ3) is 2.88. The monoisotopic (exact) mass is 255 g/mol. The normalized spacial score (nSPS) is 15.4. The third-order valence-corrected chi connectivity index (χ3v) is 3.35. The van der Waals surface area contributed by atoms with Gasteiger partial charge in [0.1, 0.15) is 18.1 Å². The van der Waals surface area contributed by atoms with Gasteiger partial charge in [0.15, 0.2) is 0 Å². The molecular formula is C16H17NO2. The number of benzene rings is 2. The topological polar surface area (TPSA) is 32.7 Å². The average molecular weight is 255 g/mol. The summed E-state index contributed by atoms with van der Waals surface area (Å²) in [5.41, 5.74) is 2.35. The van der Waals surface area contributed by atoms with Gasteiger partial charge in [0.05, 0.1) is 0 Å². The molecule has 3 nitrogen and oxygen atoms in total. The first-order valence-electron chi connectivity index (χ1n) is 6.52. The van der Waals surface area contributed by atoms with Crippen molar-refractivity contribution >= 4 is 0 Å². The Bertz CT molecular complexity index is 568. The van der Waals surface area contributed by atoms with Gasteiger partial charge < -0.3 is 9.84 Å². The van der Waals surface area contributed by atoms with E-state index in [-0.39, 0.29) is 0 Å². The number of fused-ring (bicyclic) bond motifs is 1. The van der Waals surface area contributed by atoms with Crippen LogP contribution in [0.5, 0.6) is 11.5 Å². The Balaban J connectivity index is 1.76. The molecule has 1 heterocycles.